The quantitative estimate of drug-likeness (QED) is 0.482. The molecule has 0 radical (unpaired) electrons. The van der Waals surface area contributed by atoms with Gasteiger partial charge in [-0.25, -0.2) is 0 Å². The van der Waals surface area contributed by atoms with Gasteiger partial charge in [0.05, 0.1) is 6.61 Å². The van der Waals surface area contributed by atoms with Crippen molar-refractivity contribution in [3.8, 4) is 0 Å². The first kappa shape index (κ1) is 12.9. The van der Waals surface area contributed by atoms with Crippen LogP contribution in [0.2, 0.25) is 17.1 Å². The molecule has 0 aliphatic heterocycles. The Hall–Kier alpha value is -0.0831. The SMILES string of the molecule is C=CCO[Si](CC)(CC)C(C)(C)C. The van der Waals surface area contributed by atoms with Gasteiger partial charge in [-0.1, -0.05) is 40.7 Å². The van der Waals surface area contributed by atoms with Gasteiger partial charge >= 0.3 is 0 Å². The Morgan fingerprint density at radius 3 is 1.92 bits per heavy atom. The highest BCUT2D eigenvalue weighted by Crippen LogP contribution is 2.41. The summed E-state index contributed by atoms with van der Waals surface area (Å²) in [5.41, 5.74) is 0. The lowest BCUT2D eigenvalue weighted by Gasteiger charge is -2.40. The number of hydrogen-bond donors (Lipinski definition) is 0. The number of rotatable bonds is 5. The second kappa shape index (κ2) is 4.96. The van der Waals surface area contributed by atoms with Crippen molar-refractivity contribution in [1.29, 1.82) is 0 Å². The van der Waals surface area contributed by atoms with Gasteiger partial charge in [-0.05, 0) is 17.1 Å². The van der Waals surface area contributed by atoms with Gasteiger partial charge in [0.25, 0.3) is 0 Å². The summed E-state index contributed by atoms with van der Waals surface area (Å²) in [6.07, 6.45) is 1.86. The van der Waals surface area contributed by atoms with Gasteiger partial charge < -0.3 is 4.43 Å². The van der Waals surface area contributed by atoms with E-state index in [0.29, 0.717) is 11.6 Å². The Labute approximate surface area is 84.3 Å². The molecule has 0 heterocycles. The first-order valence-corrected chi connectivity index (χ1v) is 7.50. The third kappa shape index (κ3) is 2.95. The van der Waals surface area contributed by atoms with Crippen LogP contribution in [-0.4, -0.2) is 14.9 Å². The fourth-order valence-electron chi connectivity index (χ4n) is 1.95. The summed E-state index contributed by atoms with van der Waals surface area (Å²) in [7, 11) is -1.54. The molecule has 78 valence electrons. The lowest BCUT2D eigenvalue weighted by Crippen LogP contribution is -2.46. The topological polar surface area (TPSA) is 9.23 Å². The Balaban J connectivity index is 4.59. The molecule has 0 saturated carbocycles. The largest absolute Gasteiger partial charge is 0.413 e. The van der Waals surface area contributed by atoms with Crippen LogP contribution in [0.3, 0.4) is 0 Å². The molecule has 0 N–H and O–H groups in total. The number of hydrogen-bond acceptors (Lipinski definition) is 1. The van der Waals surface area contributed by atoms with Crippen LogP contribution in [0.1, 0.15) is 34.6 Å². The van der Waals surface area contributed by atoms with Crippen LogP contribution in [0.5, 0.6) is 0 Å². The van der Waals surface area contributed by atoms with Crippen molar-refractivity contribution in [2.45, 2.75) is 51.7 Å². The van der Waals surface area contributed by atoms with Crippen molar-refractivity contribution in [1.82, 2.24) is 0 Å². The lowest BCUT2D eigenvalue weighted by molar-refractivity contribution is 0.317. The van der Waals surface area contributed by atoms with Gasteiger partial charge in [-0.3, -0.25) is 0 Å². The van der Waals surface area contributed by atoms with E-state index in [4.69, 9.17) is 4.43 Å². The summed E-state index contributed by atoms with van der Waals surface area (Å²) in [5.74, 6) is 0. The highest BCUT2D eigenvalue weighted by molar-refractivity contribution is 6.76. The van der Waals surface area contributed by atoms with Crippen molar-refractivity contribution >= 4 is 8.32 Å². The molecule has 0 unspecified atom stereocenters. The molecule has 0 spiro atoms. The van der Waals surface area contributed by atoms with Gasteiger partial charge in [0.2, 0.25) is 0 Å². The minimum absolute atomic E-state index is 0.333. The standard InChI is InChI=1S/C11H24OSi/c1-7-10-12-13(8-2,9-3)11(4,5)6/h7H,1,8-10H2,2-6H3. The Morgan fingerprint density at radius 1 is 1.23 bits per heavy atom. The smallest absolute Gasteiger partial charge is 0.197 e. The van der Waals surface area contributed by atoms with Gasteiger partial charge in [-0.2, -0.15) is 0 Å². The average Bonchev–Trinajstić information content (AvgIpc) is 2.05. The third-order valence-electron chi connectivity index (χ3n) is 2.99. The summed E-state index contributed by atoms with van der Waals surface area (Å²) in [6.45, 7) is 15.8. The second-order valence-electron chi connectivity index (χ2n) is 4.55. The molecular weight excluding hydrogens is 176 g/mol. The molecule has 0 saturated heterocycles. The third-order valence-corrected chi connectivity index (χ3v) is 8.72. The van der Waals surface area contributed by atoms with Gasteiger partial charge in [0.15, 0.2) is 8.32 Å². The van der Waals surface area contributed by atoms with E-state index in [1.54, 1.807) is 0 Å². The van der Waals surface area contributed by atoms with Gasteiger partial charge in [0, 0.05) is 0 Å². The minimum Gasteiger partial charge on any atom is -0.413 e. The van der Waals surface area contributed by atoms with Crippen LogP contribution in [0.4, 0.5) is 0 Å². The Kier molecular flexibility index (Phi) is 4.93. The van der Waals surface area contributed by atoms with Crippen molar-refractivity contribution in [2.24, 2.45) is 0 Å². The van der Waals surface area contributed by atoms with Crippen molar-refractivity contribution in [3.05, 3.63) is 12.7 Å². The summed E-state index contributed by atoms with van der Waals surface area (Å²) < 4.78 is 6.06. The zero-order valence-corrected chi connectivity index (χ0v) is 10.8. The van der Waals surface area contributed by atoms with Crippen molar-refractivity contribution in [2.75, 3.05) is 6.61 Å². The molecule has 0 atom stereocenters. The molecule has 0 amide bonds. The lowest BCUT2D eigenvalue weighted by atomic mass is 10.2. The summed E-state index contributed by atoms with van der Waals surface area (Å²) >= 11 is 0. The molecule has 0 aromatic carbocycles. The Morgan fingerprint density at radius 2 is 1.69 bits per heavy atom. The summed E-state index contributed by atoms with van der Waals surface area (Å²) in [6, 6.07) is 2.39. The van der Waals surface area contributed by atoms with Crippen molar-refractivity contribution < 1.29 is 4.43 Å². The molecule has 0 fully saturated rings. The molecule has 0 aromatic rings. The monoisotopic (exact) mass is 200 g/mol. The maximum Gasteiger partial charge on any atom is 0.197 e. The second-order valence-corrected chi connectivity index (χ2v) is 9.74. The highest BCUT2D eigenvalue weighted by Gasteiger charge is 2.42. The molecule has 0 aliphatic carbocycles. The molecule has 0 rings (SSSR count). The molecule has 2 heteroatoms. The maximum absolute atomic E-state index is 6.06. The van der Waals surface area contributed by atoms with Crippen LogP contribution in [0.25, 0.3) is 0 Å². The van der Waals surface area contributed by atoms with E-state index in [1.807, 2.05) is 6.08 Å². The van der Waals surface area contributed by atoms with Gasteiger partial charge in [0.1, 0.15) is 0 Å². The van der Waals surface area contributed by atoms with E-state index in [-0.39, 0.29) is 0 Å². The highest BCUT2D eigenvalue weighted by atomic mass is 28.4. The molecule has 13 heavy (non-hydrogen) atoms. The molecule has 0 aliphatic rings. The van der Waals surface area contributed by atoms with Crippen LogP contribution in [0, 0.1) is 0 Å². The zero-order valence-electron chi connectivity index (χ0n) is 9.81. The van der Waals surface area contributed by atoms with Crippen molar-refractivity contribution in [3.63, 3.8) is 0 Å². The van der Waals surface area contributed by atoms with E-state index in [1.165, 1.54) is 12.1 Å². The minimum atomic E-state index is -1.54. The van der Waals surface area contributed by atoms with E-state index in [2.05, 4.69) is 41.2 Å². The zero-order chi connectivity index (χ0) is 10.5. The maximum atomic E-state index is 6.06. The fourth-order valence-corrected chi connectivity index (χ4v) is 5.85. The first-order chi connectivity index (χ1) is 5.93. The van der Waals surface area contributed by atoms with Crippen LogP contribution >= 0.6 is 0 Å². The van der Waals surface area contributed by atoms with E-state index < -0.39 is 8.32 Å². The van der Waals surface area contributed by atoms with E-state index in [9.17, 15) is 0 Å². The summed E-state index contributed by atoms with van der Waals surface area (Å²) in [4.78, 5) is 0. The average molecular weight is 200 g/mol. The molecule has 0 aromatic heterocycles. The first-order valence-electron chi connectivity index (χ1n) is 5.18. The van der Waals surface area contributed by atoms with E-state index in [0.717, 1.165) is 0 Å². The predicted molar refractivity (Wildman–Crippen MR) is 62.6 cm³/mol. The van der Waals surface area contributed by atoms with Crippen LogP contribution in [-0.2, 0) is 4.43 Å². The van der Waals surface area contributed by atoms with Crippen LogP contribution < -0.4 is 0 Å². The van der Waals surface area contributed by atoms with Crippen LogP contribution in [0.15, 0.2) is 12.7 Å². The molecular formula is C11H24OSi. The van der Waals surface area contributed by atoms with Gasteiger partial charge in [-0.15, -0.1) is 6.58 Å². The normalized spacial score (nSPS) is 13.0. The van der Waals surface area contributed by atoms with E-state index >= 15 is 0 Å². The summed E-state index contributed by atoms with van der Waals surface area (Å²) in [5, 5.41) is 0.333. The molecule has 1 nitrogen and oxygen atoms in total. The Bertz CT molecular complexity index is 154. The fraction of sp³-hybridized carbons (Fsp3) is 0.818. The molecule has 0 bridgehead atoms. The predicted octanol–water partition coefficient (Wildman–Crippen LogP) is 3.97.